The van der Waals surface area contributed by atoms with Gasteiger partial charge in [0.1, 0.15) is 12.4 Å². The zero-order valence-corrected chi connectivity index (χ0v) is 17.8. The first kappa shape index (κ1) is 21.5. The number of carbonyl (C=O) groups excluding carboxylic acids is 1. The number of carboxylic acids is 1. The fourth-order valence-electron chi connectivity index (χ4n) is 4.46. The Labute approximate surface area is 185 Å². The number of likely N-dealkylation sites (N-methyl/N-ethyl adjacent to an activating group) is 1. The molecule has 2 aromatic carbocycles. The minimum atomic E-state index is -1.78. The molecule has 1 heterocycles. The number of aromatic nitrogens is 1. The summed E-state index contributed by atoms with van der Waals surface area (Å²) in [7, 11) is 1.36. The summed E-state index contributed by atoms with van der Waals surface area (Å²) in [6, 6.07) is 18.3. The molecule has 0 fully saturated rings. The Morgan fingerprint density at radius 1 is 1.06 bits per heavy atom. The van der Waals surface area contributed by atoms with Gasteiger partial charge in [-0.3, -0.25) is 9.88 Å². The molecule has 32 heavy (non-hydrogen) atoms. The van der Waals surface area contributed by atoms with Crippen LogP contribution in [0.2, 0.25) is 0 Å². The van der Waals surface area contributed by atoms with Crippen LogP contribution in [0.5, 0.6) is 0 Å². The van der Waals surface area contributed by atoms with Gasteiger partial charge in [-0.2, -0.15) is 0 Å². The molecule has 1 N–H and O–H groups in total. The largest absolute Gasteiger partial charge is 0.479 e. The highest BCUT2D eigenvalue weighted by Gasteiger charge is 2.47. The van der Waals surface area contributed by atoms with E-state index in [1.165, 1.54) is 13.1 Å². The minimum absolute atomic E-state index is 0.0294. The van der Waals surface area contributed by atoms with Crippen LogP contribution < -0.4 is 0 Å². The van der Waals surface area contributed by atoms with Crippen LogP contribution in [0.1, 0.15) is 36.1 Å². The number of fused-ring (bicyclic) bond motifs is 3. The number of aliphatic carboxylic acids is 1. The molecule has 6 nitrogen and oxygen atoms in total. The molecular formula is C25H23FN2O4. The Hall–Kier alpha value is -3.74. The lowest BCUT2D eigenvalue weighted by atomic mass is 9.90. The van der Waals surface area contributed by atoms with Gasteiger partial charge in [0.25, 0.3) is 0 Å². The average molecular weight is 434 g/mol. The Morgan fingerprint density at radius 3 is 2.16 bits per heavy atom. The van der Waals surface area contributed by atoms with E-state index in [1.54, 1.807) is 6.92 Å². The molecule has 4 rings (SSSR count). The number of nitrogens with zero attached hydrogens (tertiary/aromatic N) is 2. The number of carboxylic acid groups (broad SMARTS) is 1. The number of ether oxygens (including phenoxy) is 1. The summed E-state index contributed by atoms with van der Waals surface area (Å²) in [5.41, 5.74) is 2.59. The number of rotatable bonds is 6. The molecule has 0 saturated carbocycles. The van der Waals surface area contributed by atoms with Gasteiger partial charge in [-0.05, 0) is 40.8 Å². The number of benzene rings is 2. The highest BCUT2D eigenvalue weighted by Crippen LogP contribution is 2.44. The van der Waals surface area contributed by atoms with E-state index in [9.17, 15) is 19.1 Å². The third-order valence-electron chi connectivity index (χ3n) is 6.20. The molecule has 0 aliphatic heterocycles. The van der Waals surface area contributed by atoms with Crippen molar-refractivity contribution in [3.63, 3.8) is 0 Å². The van der Waals surface area contributed by atoms with Gasteiger partial charge in [0.2, 0.25) is 0 Å². The van der Waals surface area contributed by atoms with Crippen LogP contribution in [0.15, 0.2) is 66.9 Å². The summed E-state index contributed by atoms with van der Waals surface area (Å²) >= 11 is 0. The van der Waals surface area contributed by atoms with Gasteiger partial charge in [-0.15, -0.1) is 0 Å². The van der Waals surface area contributed by atoms with E-state index in [0.29, 0.717) is 0 Å². The number of amides is 1. The molecule has 0 bridgehead atoms. The number of carbonyl (C=O) groups is 2. The summed E-state index contributed by atoms with van der Waals surface area (Å²) in [6.45, 7) is 1.69. The van der Waals surface area contributed by atoms with Crippen molar-refractivity contribution in [1.82, 2.24) is 9.88 Å². The van der Waals surface area contributed by atoms with Crippen molar-refractivity contribution < 1.29 is 23.8 Å². The zero-order chi connectivity index (χ0) is 22.9. The maximum Gasteiger partial charge on any atom is 0.410 e. The van der Waals surface area contributed by atoms with Gasteiger partial charge in [-0.25, -0.2) is 14.0 Å². The topological polar surface area (TPSA) is 79.7 Å². The zero-order valence-electron chi connectivity index (χ0n) is 17.8. The third kappa shape index (κ3) is 3.39. The molecule has 7 heteroatoms. The fraction of sp³-hybridized carbons (Fsp3) is 0.240. The maximum absolute atomic E-state index is 13.4. The van der Waals surface area contributed by atoms with Crippen molar-refractivity contribution in [1.29, 1.82) is 0 Å². The van der Waals surface area contributed by atoms with Gasteiger partial charge >= 0.3 is 12.1 Å². The lowest BCUT2D eigenvalue weighted by molar-refractivity contribution is -0.151. The highest BCUT2D eigenvalue weighted by atomic mass is 19.1. The second kappa shape index (κ2) is 8.42. The fourth-order valence-corrected chi connectivity index (χ4v) is 4.46. The van der Waals surface area contributed by atoms with E-state index in [1.807, 2.05) is 48.5 Å². The first-order valence-corrected chi connectivity index (χ1v) is 10.3. The molecule has 1 aliphatic carbocycles. The maximum atomic E-state index is 13.4. The Morgan fingerprint density at radius 2 is 1.66 bits per heavy atom. The smallest absolute Gasteiger partial charge is 0.410 e. The van der Waals surface area contributed by atoms with Gasteiger partial charge < -0.3 is 9.84 Å². The molecule has 1 atom stereocenters. The van der Waals surface area contributed by atoms with Crippen molar-refractivity contribution in [2.24, 2.45) is 0 Å². The number of halogens is 1. The van der Waals surface area contributed by atoms with Crippen LogP contribution in [-0.4, -0.2) is 40.7 Å². The Bertz CT molecular complexity index is 1120. The van der Waals surface area contributed by atoms with Crippen LogP contribution in [0, 0.1) is 5.82 Å². The summed E-state index contributed by atoms with van der Waals surface area (Å²) in [5.74, 6) is -2.01. The lowest BCUT2D eigenvalue weighted by Gasteiger charge is -2.36. The number of hydrogen-bond acceptors (Lipinski definition) is 4. The molecule has 0 saturated heterocycles. The summed E-state index contributed by atoms with van der Waals surface area (Å²) < 4.78 is 19.0. The highest BCUT2D eigenvalue weighted by molar-refractivity contribution is 5.85. The lowest BCUT2D eigenvalue weighted by Crippen LogP contribution is -2.53. The van der Waals surface area contributed by atoms with Crippen LogP contribution in [0.25, 0.3) is 11.1 Å². The second-order valence-corrected chi connectivity index (χ2v) is 7.74. The molecule has 164 valence electrons. The Kier molecular flexibility index (Phi) is 5.65. The first-order valence-electron chi connectivity index (χ1n) is 10.3. The number of pyridine rings is 1. The summed E-state index contributed by atoms with van der Waals surface area (Å²) in [5, 5.41) is 10.0. The first-order chi connectivity index (χ1) is 15.4. The van der Waals surface area contributed by atoms with Gasteiger partial charge in [0.05, 0.1) is 11.9 Å². The van der Waals surface area contributed by atoms with E-state index >= 15 is 0 Å². The predicted octanol–water partition coefficient (Wildman–Crippen LogP) is 4.79. The second-order valence-electron chi connectivity index (χ2n) is 7.74. The molecular weight excluding hydrogens is 411 g/mol. The Balaban J connectivity index is 1.60. The molecule has 3 aromatic rings. The summed E-state index contributed by atoms with van der Waals surface area (Å²) in [4.78, 5) is 30.3. The van der Waals surface area contributed by atoms with Crippen molar-refractivity contribution in [3.05, 3.63) is 89.5 Å². The molecule has 1 unspecified atom stereocenters. The molecule has 1 aliphatic rings. The van der Waals surface area contributed by atoms with Crippen molar-refractivity contribution in [3.8, 4) is 11.1 Å². The molecule has 0 spiro atoms. The third-order valence-corrected chi connectivity index (χ3v) is 6.20. The quantitative estimate of drug-likeness (QED) is 0.603. The van der Waals surface area contributed by atoms with E-state index in [0.717, 1.165) is 39.4 Å². The standard InChI is InChI=1S/C25H23FN2O4/c1-3-25(23(29)30,22-13-12-16(26)14-27-22)28(2)24(31)32-15-21-19-10-6-4-8-17(19)18-9-5-7-11-20(18)21/h4-14,21H,3,15H2,1-2H3,(H,29,30). The molecule has 1 aromatic heterocycles. The van der Waals surface area contributed by atoms with Crippen molar-refractivity contribution >= 4 is 12.1 Å². The van der Waals surface area contributed by atoms with E-state index in [4.69, 9.17) is 4.74 Å². The van der Waals surface area contributed by atoms with E-state index in [-0.39, 0.29) is 24.6 Å². The molecule has 0 radical (unpaired) electrons. The van der Waals surface area contributed by atoms with Crippen molar-refractivity contribution in [2.45, 2.75) is 24.8 Å². The SMILES string of the molecule is CCC(C(=O)O)(c1ccc(F)cn1)N(C)C(=O)OCC1c2ccccc2-c2ccccc21. The van der Waals surface area contributed by atoms with Gasteiger partial charge in [-0.1, -0.05) is 55.5 Å². The minimum Gasteiger partial charge on any atom is -0.479 e. The summed E-state index contributed by atoms with van der Waals surface area (Å²) in [6.07, 6.45) is 0.179. The van der Waals surface area contributed by atoms with E-state index in [2.05, 4.69) is 4.98 Å². The van der Waals surface area contributed by atoms with Gasteiger partial charge in [0, 0.05) is 13.0 Å². The predicted molar refractivity (Wildman–Crippen MR) is 117 cm³/mol. The number of hydrogen-bond donors (Lipinski definition) is 1. The van der Waals surface area contributed by atoms with Crippen LogP contribution >= 0.6 is 0 Å². The van der Waals surface area contributed by atoms with Crippen LogP contribution in [-0.2, 0) is 15.1 Å². The monoisotopic (exact) mass is 434 g/mol. The van der Waals surface area contributed by atoms with Crippen molar-refractivity contribution in [2.75, 3.05) is 13.7 Å². The average Bonchev–Trinajstić information content (AvgIpc) is 3.13. The van der Waals surface area contributed by atoms with Crippen LogP contribution in [0.4, 0.5) is 9.18 Å². The van der Waals surface area contributed by atoms with Gasteiger partial charge in [0.15, 0.2) is 5.54 Å². The molecule has 1 amide bonds. The van der Waals surface area contributed by atoms with Crippen LogP contribution in [0.3, 0.4) is 0 Å². The normalized spacial score (nSPS) is 14.2. The van der Waals surface area contributed by atoms with E-state index < -0.39 is 23.4 Å².